The summed E-state index contributed by atoms with van der Waals surface area (Å²) in [6.45, 7) is 3.40. The normalized spacial score (nSPS) is 16.2. The Morgan fingerprint density at radius 1 is 1.41 bits per heavy atom. The summed E-state index contributed by atoms with van der Waals surface area (Å²) in [5.74, 6) is -1.52. The summed E-state index contributed by atoms with van der Waals surface area (Å²) in [6, 6.07) is 4.41. The Bertz CT molecular complexity index is 831. The lowest BCUT2D eigenvalue weighted by atomic mass is 10.2. The summed E-state index contributed by atoms with van der Waals surface area (Å²) < 4.78 is 36.7. The Hall–Kier alpha value is -2.47. The second-order valence-corrected chi connectivity index (χ2v) is 7.48. The van der Waals surface area contributed by atoms with Crippen LogP contribution in [0, 0.1) is 6.92 Å². The third kappa shape index (κ3) is 6.82. The van der Waals surface area contributed by atoms with E-state index >= 15 is 0 Å². The number of carboxylic acids is 1. The molecule has 0 radical (unpaired) electrons. The van der Waals surface area contributed by atoms with Crippen LogP contribution in [0.15, 0.2) is 16.7 Å². The number of alkyl halides is 3. The number of aromatic nitrogens is 2. The van der Waals surface area contributed by atoms with Crippen molar-refractivity contribution in [3.05, 3.63) is 33.6 Å². The maximum Gasteiger partial charge on any atom is 0.490 e. The van der Waals surface area contributed by atoms with E-state index in [-0.39, 0.29) is 5.91 Å². The van der Waals surface area contributed by atoms with E-state index in [0.717, 1.165) is 17.8 Å². The lowest BCUT2D eigenvalue weighted by Gasteiger charge is -2.15. The summed E-state index contributed by atoms with van der Waals surface area (Å²) in [7, 11) is 1.81. The molecule has 29 heavy (non-hydrogen) atoms. The van der Waals surface area contributed by atoms with Crippen LogP contribution in [0.25, 0.3) is 0 Å². The molecule has 1 saturated heterocycles. The number of carbonyl (C=O) groups excluding carboxylic acids is 1. The molecule has 0 aliphatic carbocycles. The highest BCUT2D eigenvalue weighted by atomic mass is 32.1. The number of likely N-dealkylation sites (N-methyl/N-ethyl adjacent to an activating group) is 1. The average molecular weight is 434 g/mol. The lowest BCUT2D eigenvalue weighted by Crippen LogP contribution is -2.28. The number of nitrogens with one attached hydrogen (secondary N) is 1. The number of nitrogens with zero attached hydrogens (tertiary/aromatic N) is 3. The third-order valence-electron chi connectivity index (χ3n) is 4.07. The third-order valence-corrected chi connectivity index (χ3v) is 5.26. The Labute approximate surface area is 168 Å². The van der Waals surface area contributed by atoms with Crippen molar-refractivity contribution in [3.8, 4) is 0 Å². The van der Waals surface area contributed by atoms with Crippen LogP contribution in [0.5, 0.6) is 0 Å². The van der Waals surface area contributed by atoms with Gasteiger partial charge in [0.1, 0.15) is 0 Å². The number of carboxylic acid groups (broad SMARTS) is 1. The van der Waals surface area contributed by atoms with Gasteiger partial charge in [-0.3, -0.25) is 4.79 Å². The van der Waals surface area contributed by atoms with Gasteiger partial charge in [-0.2, -0.15) is 18.2 Å². The topological polar surface area (TPSA) is 109 Å². The summed E-state index contributed by atoms with van der Waals surface area (Å²) in [5.41, 5.74) is 0. The maximum atomic E-state index is 12.5. The van der Waals surface area contributed by atoms with E-state index in [2.05, 4.69) is 21.5 Å². The molecule has 1 unspecified atom stereocenters. The summed E-state index contributed by atoms with van der Waals surface area (Å²) in [4.78, 5) is 29.2. The number of amides is 1. The monoisotopic (exact) mass is 434 g/mol. The quantitative estimate of drug-likeness (QED) is 0.745. The summed E-state index contributed by atoms with van der Waals surface area (Å²) >= 11 is 1.59. The predicted molar refractivity (Wildman–Crippen MR) is 97.7 cm³/mol. The molecule has 1 amide bonds. The van der Waals surface area contributed by atoms with Crippen molar-refractivity contribution in [3.63, 3.8) is 0 Å². The zero-order valence-electron chi connectivity index (χ0n) is 15.8. The number of thiophene rings is 1. The minimum Gasteiger partial charge on any atom is -0.475 e. The van der Waals surface area contributed by atoms with Gasteiger partial charge in [0, 0.05) is 37.9 Å². The maximum absolute atomic E-state index is 12.5. The molecule has 2 N–H and O–H groups in total. The van der Waals surface area contributed by atoms with Gasteiger partial charge in [-0.15, -0.1) is 11.3 Å². The molecule has 1 aliphatic heterocycles. The van der Waals surface area contributed by atoms with Crippen molar-refractivity contribution in [1.82, 2.24) is 20.4 Å². The van der Waals surface area contributed by atoms with E-state index in [1.165, 1.54) is 11.3 Å². The van der Waals surface area contributed by atoms with E-state index in [1.807, 2.05) is 13.1 Å². The molecule has 0 saturated carbocycles. The van der Waals surface area contributed by atoms with E-state index in [1.54, 1.807) is 23.2 Å². The molecule has 0 bridgehead atoms. The Morgan fingerprint density at radius 2 is 2.10 bits per heavy atom. The van der Waals surface area contributed by atoms with Crippen molar-refractivity contribution in [1.29, 1.82) is 0 Å². The molecule has 0 spiro atoms. The minimum absolute atomic E-state index is 0.0504. The highest BCUT2D eigenvalue weighted by Gasteiger charge is 2.38. The number of hydrogen-bond donors (Lipinski definition) is 2. The Kier molecular flexibility index (Phi) is 7.73. The highest BCUT2D eigenvalue weighted by molar-refractivity contribution is 7.14. The van der Waals surface area contributed by atoms with Gasteiger partial charge in [0.15, 0.2) is 5.82 Å². The molecule has 0 aromatic carbocycles. The van der Waals surface area contributed by atoms with Gasteiger partial charge < -0.3 is 19.8 Å². The number of hydrogen-bond acceptors (Lipinski definition) is 7. The smallest absolute Gasteiger partial charge is 0.475 e. The number of rotatable bonds is 5. The zero-order valence-corrected chi connectivity index (χ0v) is 16.6. The van der Waals surface area contributed by atoms with Crippen molar-refractivity contribution in [2.75, 3.05) is 20.1 Å². The molecule has 3 rings (SSSR count). The zero-order chi connectivity index (χ0) is 21.6. The largest absolute Gasteiger partial charge is 0.490 e. The van der Waals surface area contributed by atoms with Crippen LogP contribution in [0.4, 0.5) is 13.2 Å². The van der Waals surface area contributed by atoms with Gasteiger partial charge >= 0.3 is 12.1 Å². The van der Waals surface area contributed by atoms with E-state index in [0.29, 0.717) is 30.7 Å². The second-order valence-electron chi connectivity index (χ2n) is 6.36. The van der Waals surface area contributed by atoms with Crippen LogP contribution in [0.3, 0.4) is 0 Å². The predicted octanol–water partition coefficient (Wildman–Crippen LogP) is 2.81. The molecule has 2 aromatic heterocycles. The first-order valence-corrected chi connectivity index (χ1v) is 9.57. The second kappa shape index (κ2) is 9.83. The molecule has 1 fully saturated rings. The first-order valence-electron chi connectivity index (χ1n) is 8.76. The van der Waals surface area contributed by atoms with E-state index < -0.39 is 12.1 Å². The van der Waals surface area contributed by atoms with Crippen LogP contribution in [-0.2, 0) is 11.2 Å². The fourth-order valence-corrected chi connectivity index (χ4v) is 3.70. The van der Waals surface area contributed by atoms with Gasteiger partial charge in [-0.1, -0.05) is 5.16 Å². The highest BCUT2D eigenvalue weighted by Crippen LogP contribution is 2.29. The first-order chi connectivity index (χ1) is 13.6. The van der Waals surface area contributed by atoms with Gasteiger partial charge in [0.05, 0.1) is 4.88 Å². The lowest BCUT2D eigenvalue weighted by molar-refractivity contribution is -0.192. The fourth-order valence-electron chi connectivity index (χ4n) is 2.58. The van der Waals surface area contributed by atoms with Gasteiger partial charge in [0.2, 0.25) is 5.89 Å². The van der Waals surface area contributed by atoms with Crippen LogP contribution < -0.4 is 5.32 Å². The summed E-state index contributed by atoms with van der Waals surface area (Å²) in [5, 5.41) is 14.4. The van der Waals surface area contributed by atoms with Gasteiger partial charge in [-0.25, -0.2) is 4.79 Å². The van der Waals surface area contributed by atoms with Crippen LogP contribution in [0.1, 0.15) is 45.1 Å². The molecule has 2 aromatic rings. The molecule has 8 nitrogen and oxygen atoms in total. The molecule has 160 valence electrons. The first kappa shape index (κ1) is 22.8. The average Bonchev–Trinajstić information content (AvgIpc) is 3.39. The molecule has 3 heterocycles. The number of aryl methyl sites for hydroxylation is 1. The van der Waals surface area contributed by atoms with Gasteiger partial charge in [-0.05, 0) is 31.5 Å². The van der Waals surface area contributed by atoms with Crippen molar-refractivity contribution in [2.24, 2.45) is 0 Å². The number of halogens is 3. The molecular formula is C17H21F3N4O4S. The molecular weight excluding hydrogens is 413 g/mol. The molecule has 1 atom stereocenters. The Balaban J connectivity index is 0.000000370. The van der Waals surface area contributed by atoms with Crippen molar-refractivity contribution >= 4 is 23.2 Å². The van der Waals surface area contributed by atoms with Crippen LogP contribution in [0.2, 0.25) is 0 Å². The number of carbonyl (C=O) groups is 2. The Morgan fingerprint density at radius 3 is 2.62 bits per heavy atom. The minimum atomic E-state index is -5.08. The standard InChI is InChI=1S/C15H20N4O2S.C2HF3O2/c1-10-17-14(18-21-10)7-9-19(2)15(20)13-6-5-12(22-13)11-4-3-8-16-11;3-2(4,5)1(6)7/h5-6,11,16H,3-4,7-9H2,1-2H3;(H,6,7). The number of aliphatic carboxylic acids is 1. The van der Waals surface area contributed by atoms with E-state index in [4.69, 9.17) is 14.4 Å². The van der Waals surface area contributed by atoms with Gasteiger partial charge in [0.25, 0.3) is 5.91 Å². The summed E-state index contributed by atoms with van der Waals surface area (Å²) in [6.07, 6.45) is -2.13. The van der Waals surface area contributed by atoms with Crippen LogP contribution in [-0.4, -0.2) is 58.3 Å². The molecule has 1 aliphatic rings. The van der Waals surface area contributed by atoms with Crippen molar-refractivity contribution in [2.45, 2.75) is 38.4 Å². The SMILES string of the molecule is Cc1nc(CCN(C)C(=O)c2ccc(C3CCCN3)s2)no1.O=C(O)C(F)(F)F. The fraction of sp³-hybridized carbons (Fsp3) is 0.529. The van der Waals surface area contributed by atoms with Crippen molar-refractivity contribution < 1.29 is 32.4 Å². The van der Waals surface area contributed by atoms with Crippen LogP contribution >= 0.6 is 11.3 Å². The molecule has 12 heteroatoms. The van der Waals surface area contributed by atoms with E-state index in [9.17, 15) is 18.0 Å².